The Bertz CT molecular complexity index is 955. The van der Waals surface area contributed by atoms with Gasteiger partial charge in [0.1, 0.15) is 6.61 Å². The highest BCUT2D eigenvalue weighted by atomic mass is 16.6. The minimum Gasteiger partial charge on any atom is -0.447 e. The summed E-state index contributed by atoms with van der Waals surface area (Å²) in [4.78, 5) is 13.9. The summed E-state index contributed by atoms with van der Waals surface area (Å²) in [5.74, 6) is 0.326. The van der Waals surface area contributed by atoms with Gasteiger partial charge in [-0.25, -0.2) is 4.79 Å². The molecule has 1 amide bonds. The molecule has 6 nitrogen and oxygen atoms in total. The zero-order chi connectivity index (χ0) is 20.4. The highest BCUT2D eigenvalue weighted by Crippen LogP contribution is 2.29. The van der Waals surface area contributed by atoms with Crippen molar-refractivity contribution in [2.45, 2.75) is 32.7 Å². The van der Waals surface area contributed by atoms with Crippen LogP contribution in [0.1, 0.15) is 37.9 Å². The van der Waals surface area contributed by atoms with E-state index in [4.69, 9.17) is 4.74 Å². The molecule has 1 saturated heterocycles. The Balaban J connectivity index is 1.46. The van der Waals surface area contributed by atoms with Crippen LogP contribution in [0.3, 0.4) is 0 Å². The lowest BCUT2D eigenvalue weighted by atomic mass is 10.00. The lowest BCUT2D eigenvalue weighted by Gasteiger charge is -2.24. The number of H-pyrrole nitrogens is 1. The van der Waals surface area contributed by atoms with Crippen molar-refractivity contribution in [2.24, 2.45) is 5.92 Å². The van der Waals surface area contributed by atoms with E-state index >= 15 is 0 Å². The number of hydrogen-bond donors (Lipinski definition) is 2. The van der Waals surface area contributed by atoms with Crippen molar-refractivity contribution >= 4 is 23.1 Å². The molecule has 6 heteroatoms. The first kappa shape index (κ1) is 19.1. The van der Waals surface area contributed by atoms with Crippen LogP contribution in [0.4, 0.5) is 10.5 Å². The molecule has 150 valence electrons. The van der Waals surface area contributed by atoms with Crippen LogP contribution in [-0.2, 0) is 4.74 Å². The van der Waals surface area contributed by atoms with Crippen molar-refractivity contribution < 1.29 is 9.53 Å². The van der Waals surface area contributed by atoms with Gasteiger partial charge in [-0.2, -0.15) is 5.10 Å². The van der Waals surface area contributed by atoms with E-state index in [9.17, 15) is 4.79 Å². The molecule has 0 bridgehead atoms. The van der Waals surface area contributed by atoms with E-state index in [1.165, 1.54) is 5.57 Å². The molecule has 1 fully saturated rings. The SMILES string of the molecule is C=C(NC1=CCCC(c2ccn[nH]2)=C1)c1ccc(N2C(=O)OC[C@H]2C(C)C)cc1. The smallest absolute Gasteiger partial charge is 0.414 e. The van der Waals surface area contributed by atoms with Crippen LogP contribution in [-0.4, -0.2) is 28.9 Å². The van der Waals surface area contributed by atoms with Crippen molar-refractivity contribution in [2.75, 3.05) is 11.5 Å². The van der Waals surface area contributed by atoms with Gasteiger partial charge in [0.25, 0.3) is 0 Å². The fourth-order valence-electron chi connectivity index (χ4n) is 3.73. The fraction of sp³-hybridized carbons (Fsp3) is 0.304. The van der Waals surface area contributed by atoms with Crippen LogP contribution in [0, 0.1) is 5.92 Å². The number of carbonyl (C=O) groups is 1. The number of nitrogens with one attached hydrogen (secondary N) is 2. The maximum atomic E-state index is 12.2. The number of cyclic esters (lactones) is 1. The first-order valence-corrected chi connectivity index (χ1v) is 9.96. The molecule has 0 saturated carbocycles. The standard InChI is InChI=1S/C23H26N4O2/c1-15(2)22-14-29-23(28)27(22)20-9-7-17(8-10-20)16(3)25-19-6-4-5-18(13-19)21-11-12-24-26-21/h6-13,15,22,25H,3-5,14H2,1-2H3,(H,24,26)/t22-/m0/s1. The van der Waals surface area contributed by atoms with Gasteiger partial charge in [0.05, 0.1) is 11.7 Å². The highest BCUT2D eigenvalue weighted by molar-refractivity contribution is 5.90. The summed E-state index contributed by atoms with van der Waals surface area (Å²) >= 11 is 0. The van der Waals surface area contributed by atoms with Gasteiger partial charge < -0.3 is 10.1 Å². The first-order chi connectivity index (χ1) is 14.0. The van der Waals surface area contributed by atoms with Gasteiger partial charge >= 0.3 is 6.09 Å². The van der Waals surface area contributed by atoms with E-state index in [0.29, 0.717) is 12.5 Å². The maximum absolute atomic E-state index is 12.2. The van der Waals surface area contributed by atoms with Gasteiger partial charge in [0.15, 0.2) is 0 Å². The molecule has 29 heavy (non-hydrogen) atoms. The third-order valence-electron chi connectivity index (χ3n) is 5.42. The van der Waals surface area contributed by atoms with Crippen molar-refractivity contribution in [1.82, 2.24) is 15.5 Å². The number of ether oxygens (including phenoxy) is 1. The summed E-state index contributed by atoms with van der Waals surface area (Å²) in [7, 11) is 0. The van der Waals surface area contributed by atoms with Gasteiger partial charge in [-0.05, 0) is 54.2 Å². The van der Waals surface area contributed by atoms with Crippen molar-refractivity contribution in [3.63, 3.8) is 0 Å². The lowest BCUT2D eigenvalue weighted by Crippen LogP contribution is -2.37. The van der Waals surface area contributed by atoms with Gasteiger partial charge in [-0.3, -0.25) is 10.00 Å². The summed E-state index contributed by atoms with van der Waals surface area (Å²) in [5, 5.41) is 10.5. The Morgan fingerprint density at radius 3 is 2.79 bits per heavy atom. The molecule has 0 spiro atoms. The van der Waals surface area contributed by atoms with Gasteiger partial charge in [0.2, 0.25) is 0 Å². The molecule has 1 atom stereocenters. The van der Waals surface area contributed by atoms with Crippen LogP contribution < -0.4 is 10.2 Å². The third-order valence-corrected chi connectivity index (χ3v) is 5.42. The fourth-order valence-corrected chi connectivity index (χ4v) is 3.73. The van der Waals surface area contributed by atoms with E-state index < -0.39 is 0 Å². The first-order valence-electron chi connectivity index (χ1n) is 9.96. The summed E-state index contributed by atoms with van der Waals surface area (Å²) in [6.45, 7) is 8.82. The van der Waals surface area contributed by atoms with Crippen LogP contribution in [0.15, 0.2) is 61.0 Å². The van der Waals surface area contributed by atoms with Gasteiger partial charge in [0, 0.05) is 23.3 Å². The molecule has 2 aliphatic rings. The lowest BCUT2D eigenvalue weighted by molar-refractivity contribution is 0.177. The van der Waals surface area contributed by atoms with Crippen LogP contribution in [0.2, 0.25) is 0 Å². The second-order valence-electron chi connectivity index (χ2n) is 7.75. The zero-order valence-electron chi connectivity index (χ0n) is 16.8. The minimum atomic E-state index is -0.280. The predicted molar refractivity (Wildman–Crippen MR) is 115 cm³/mol. The maximum Gasteiger partial charge on any atom is 0.414 e. The molecule has 0 unspecified atom stereocenters. The normalized spacial score (nSPS) is 19.1. The number of benzene rings is 1. The number of amides is 1. The Hall–Kier alpha value is -3.28. The Morgan fingerprint density at radius 2 is 2.10 bits per heavy atom. The molecule has 2 heterocycles. The van der Waals surface area contributed by atoms with Crippen LogP contribution in [0.25, 0.3) is 11.3 Å². The van der Waals surface area contributed by atoms with Crippen molar-refractivity contribution in [3.05, 3.63) is 72.2 Å². The molecule has 4 rings (SSSR count). The zero-order valence-corrected chi connectivity index (χ0v) is 16.8. The highest BCUT2D eigenvalue weighted by Gasteiger charge is 2.36. The molecule has 0 radical (unpaired) electrons. The molecular formula is C23H26N4O2. The second kappa shape index (κ2) is 7.99. The minimum absolute atomic E-state index is 0.0631. The molecule has 1 aliphatic carbocycles. The van der Waals surface area contributed by atoms with Gasteiger partial charge in [-0.1, -0.05) is 38.6 Å². The molecular weight excluding hydrogens is 364 g/mol. The van der Waals surface area contributed by atoms with E-state index in [-0.39, 0.29) is 12.1 Å². The van der Waals surface area contributed by atoms with Crippen LogP contribution >= 0.6 is 0 Å². The summed E-state index contributed by atoms with van der Waals surface area (Å²) in [6.07, 6.45) is 7.74. The number of allylic oxidation sites excluding steroid dienone is 3. The van der Waals surface area contributed by atoms with E-state index in [1.807, 2.05) is 30.3 Å². The van der Waals surface area contributed by atoms with Crippen LogP contribution in [0.5, 0.6) is 0 Å². The molecule has 1 aromatic carbocycles. The number of aromatic amines is 1. The van der Waals surface area contributed by atoms with E-state index in [2.05, 4.69) is 48.1 Å². The number of aromatic nitrogens is 2. The topological polar surface area (TPSA) is 70.2 Å². The average Bonchev–Trinajstić information content (AvgIpc) is 3.38. The van der Waals surface area contributed by atoms with E-state index in [1.54, 1.807) is 11.1 Å². The quantitative estimate of drug-likeness (QED) is 0.749. The summed E-state index contributed by atoms with van der Waals surface area (Å²) in [5.41, 5.74) is 5.94. The third kappa shape index (κ3) is 3.97. The number of hydrogen-bond acceptors (Lipinski definition) is 4. The number of carbonyl (C=O) groups excluding carboxylic acids is 1. The number of nitrogens with zero attached hydrogens (tertiary/aromatic N) is 2. The van der Waals surface area contributed by atoms with Crippen molar-refractivity contribution in [3.8, 4) is 0 Å². The second-order valence-corrected chi connectivity index (χ2v) is 7.75. The Morgan fingerprint density at radius 1 is 1.31 bits per heavy atom. The predicted octanol–water partition coefficient (Wildman–Crippen LogP) is 4.71. The van der Waals surface area contributed by atoms with Crippen molar-refractivity contribution in [1.29, 1.82) is 0 Å². The molecule has 2 N–H and O–H groups in total. The monoisotopic (exact) mass is 390 g/mol. The number of rotatable bonds is 6. The Kier molecular flexibility index (Phi) is 5.25. The molecule has 2 aromatic rings. The summed E-state index contributed by atoms with van der Waals surface area (Å²) in [6, 6.07) is 9.91. The number of anilines is 1. The molecule has 1 aliphatic heterocycles. The molecule has 1 aromatic heterocycles. The Labute approximate surface area is 170 Å². The largest absolute Gasteiger partial charge is 0.447 e. The van der Waals surface area contributed by atoms with E-state index in [0.717, 1.165) is 41.2 Å². The average molecular weight is 390 g/mol. The van der Waals surface area contributed by atoms with Gasteiger partial charge in [-0.15, -0.1) is 0 Å². The summed E-state index contributed by atoms with van der Waals surface area (Å²) < 4.78 is 5.25.